The summed E-state index contributed by atoms with van der Waals surface area (Å²) in [7, 11) is 1.63. The maximum absolute atomic E-state index is 12.3. The minimum absolute atomic E-state index is 0.167. The first-order valence-electron chi connectivity index (χ1n) is 7.90. The molecule has 5 heteroatoms. The number of hydrogen-bond donors (Lipinski definition) is 2. The summed E-state index contributed by atoms with van der Waals surface area (Å²) in [6, 6.07) is 18.7. The van der Waals surface area contributed by atoms with Crippen LogP contribution >= 0.6 is 0 Å². The van der Waals surface area contributed by atoms with Crippen LogP contribution in [0.25, 0.3) is 0 Å². The molecule has 126 valence electrons. The number of aryl methyl sites for hydroxylation is 1. The zero-order valence-corrected chi connectivity index (χ0v) is 14.1. The van der Waals surface area contributed by atoms with Crippen molar-refractivity contribution in [3.05, 3.63) is 78.0 Å². The fourth-order valence-corrected chi connectivity index (χ4v) is 2.42. The third-order valence-electron chi connectivity index (χ3n) is 3.75. The normalized spacial score (nSPS) is 10.2. The van der Waals surface area contributed by atoms with E-state index in [2.05, 4.69) is 15.6 Å². The van der Waals surface area contributed by atoms with Crippen LogP contribution in [0.4, 0.5) is 17.2 Å². The number of nitrogens with zero attached hydrogens (tertiary/aromatic N) is 1. The minimum atomic E-state index is -0.167. The molecule has 25 heavy (non-hydrogen) atoms. The Hall–Kier alpha value is -3.34. The van der Waals surface area contributed by atoms with Crippen LogP contribution in [0.2, 0.25) is 0 Å². The van der Waals surface area contributed by atoms with E-state index in [9.17, 15) is 4.79 Å². The van der Waals surface area contributed by atoms with Crippen LogP contribution in [0.3, 0.4) is 0 Å². The lowest BCUT2D eigenvalue weighted by Gasteiger charge is -2.10. The second-order valence-corrected chi connectivity index (χ2v) is 5.56. The molecule has 0 atom stereocenters. The molecule has 0 fully saturated rings. The van der Waals surface area contributed by atoms with E-state index in [4.69, 9.17) is 4.74 Å². The van der Waals surface area contributed by atoms with Gasteiger partial charge in [-0.1, -0.05) is 24.3 Å². The van der Waals surface area contributed by atoms with E-state index in [1.165, 1.54) is 0 Å². The number of hydrogen-bond acceptors (Lipinski definition) is 4. The van der Waals surface area contributed by atoms with Gasteiger partial charge < -0.3 is 15.4 Å². The highest BCUT2D eigenvalue weighted by Crippen LogP contribution is 2.21. The molecule has 3 aromatic rings. The highest BCUT2D eigenvalue weighted by molar-refractivity contribution is 6.04. The fourth-order valence-electron chi connectivity index (χ4n) is 2.42. The van der Waals surface area contributed by atoms with Crippen LogP contribution in [-0.2, 0) is 0 Å². The molecule has 0 aliphatic carbocycles. The summed E-state index contributed by atoms with van der Waals surface area (Å²) < 4.78 is 5.20. The zero-order valence-electron chi connectivity index (χ0n) is 14.1. The molecule has 1 heterocycles. The molecule has 2 aromatic carbocycles. The van der Waals surface area contributed by atoms with Crippen LogP contribution in [0.5, 0.6) is 5.75 Å². The maximum atomic E-state index is 12.3. The van der Waals surface area contributed by atoms with Crippen LogP contribution in [-0.4, -0.2) is 18.0 Å². The van der Waals surface area contributed by atoms with Crippen LogP contribution in [0.1, 0.15) is 15.9 Å². The molecular weight excluding hydrogens is 314 g/mol. The SMILES string of the molecule is COc1cccc(Nc2ccc(NC(=O)c3ccccc3C)nc2)c1. The van der Waals surface area contributed by atoms with E-state index in [0.29, 0.717) is 11.4 Å². The number of carbonyl (C=O) groups is 1. The molecule has 0 saturated heterocycles. The first kappa shape index (κ1) is 16.5. The third kappa shape index (κ3) is 4.14. The Balaban J connectivity index is 1.68. The summed E-state index contributed by atoms with van der Waals surface area (Å²) in [5.41, 5.74) is 3.29. The Labute approximate surface area is 146 Å². The van der Waals surface area contributed by atoms with Crippen molar-refractivity contribution in [3.63, 3.8) is 0 Å². The first-order valence-corrected chi connectivity index (χ1v) is 7.90. The van der Waals surface area contributed by atoms with E-state index < -0.39 is 0 Å². The molecule has 0 unspecified atom stereocenters. The molecule has 0 spiro atoms. The first-order chi connectivity index (χ1) is 12.2. The Morgan fingerprint density at radius 3 is 2.56 bits per heavy atom. The summed E-state index contributed by atoms with van der Waals surface area (Å²) in [4.78, 5) is 16.6. The lowest BCUT2D eigenvalue weighted by Crippen LogP contribution is -2.14. The molecular formula is C20H19N3O2. The minimum Gasteiger partial charge on any atom is -0.497 e. The largest absolute Gasteiger partial charge is 0.497 e. The van der Waals surface area contributed by atoms with Crippen molar-refractivity contribution in [2.75, 3.05) is 17.7 Å². The van der Waals surface area contributed by atoms with Gasteiger partial charge in [0.1, 0.15) is 11.6 Å². The second kappa shape index (κ2) is 7.49. The van der Waals surface area contributed by atoms with Gasteiger partial charge in [-0.05, 0) is 42.8 Å². The number of methoxy groups -OCH3 is 1. The van der Waals surface area contributed by atoms with Crippen molar-refractivity contribution in [1.82, 2.24) is 4.98 Å². The van der Waals surface area contributed by atoms with Gasteiger partial charge in [0, 0.05) is 17.3 Å². The average molecular weight is 333 g/mol. The zero-order chi connectivity index (χ0) is 17.6. The highest BCUT2D eigenvalue weighted by Gasteiger charge is 2.09. The van der Waals surface area contributed by atoms with Gasteiger partial charge in [0.25, 0.3) is 5.91 Å². The van der Waals surface area contributed by atoms with Crippen LogP contribution in [0.15, 0.2) is 66.9 Å². The van der Waals surface area contributed by atoms with Crippen molar-refractivity contribution in [1.29, 1.82) is 0 Å². The maximum Gasteiger partial charge on any atom is 0.257 e. The number of nitrogens with one attached hydrogen (secondary N) is 2. The molecule has 0 aliphatic heterocycles. The molecule has 1 amide bonds. The quantitative estimate of drug-likeness (QED) is 0.727. The predicted octanol–water partition coefficient (Wildman–Crippen LogP) is 4.39. The van der Waals surface area contributed by atoms with Crippen molar-refractivity contribution in [2.45, 2.75) is 6.92 Å². The van der Waals surface area contributed by atoms with Gasteiger partial charge >= 0.3 is 0 Å². The Morgan fingerprint density at radius 1 is 1.00 bits per heavy atom. The lowest BCUT2D eigenvalue weighted by atomic mass is 10.1. The lowest BCUT2D eigenvalue weighted by molar-refractivity contribution is 0.102. The molecule has 0 saturated carbocycles. The van der Waals surface area contributed by atoms with Gasteiger partial charge in [0.15, 0.2) is 0 Å². The summed E-state index contributed by atoms with van der Waals surface area (Å²) >= 11 is 0. The Kier molecular flexibility index (Phi) is 4.95. The number of anilines is 3. The van der Waals surface area contributed by atoms with Crippen LogP contribution < -0.4 is 15.4 Å². The van der Waals surface area contributed by atoms with Gasteiger partial charge in [-0.15, -0.1) is 0 Å². The van der Waals surface area contributed by atoms with Gasteiger partial charge in [-0.3, -0.25) is 4.79 Å². The number of ether oxygens (including phenoxy) is 1. The van der Waals surface area contributed by atoms with Gasteiger partial charge in [0.05, 0.1) is 19.0 Å². The topological polar surface area (TPSA) is 63.2 Å². The number of benzene rings is 2. The predicted molar refractivity (Wildman–Crippen MR) is 99.6 cm³/mol. The number of pyridine rings is 1. The van der Waals surface area contributed by atoms with Crippen LogP contribution in [0, 0.1) is 6.92 Å². The molecule has 1 aromatic heterocycles. The Morgan fingerprint density at radius 2 is 1.84 bits per heavy atom. The van der Waals surface area contributed by atoms with Gasteiger partial charge in [-0.2, -0.15) is 0 Å². The van der Waals surface area contributed by atoms with Crippen molar-refractivity contribution in [2.24, 2.45) is 0 Å². The molecule has 0 aliphatic rings. The molecule has 0 radical (unpaired) electrons. The molecule has 5 nitrogen and oxygen atoms in total. The van der Waals surface area contributed by atoms with E-state index in [-0.39, 0.29) is 5.91 Å². The summed E-state index contributed by atoms with van der Waals surface area (Å²) in [6.07, 6.45) is 1.67. The summed E-state index contributed by atoms with van der Waals surface area (Å²) in [5.74, 6) is 1.11. The fraction of sp³-hybridized carbons (Fsp3) is 0.100. The highest BCUT2D eigenvalue weighted by atomic mass is 16.5. The van der Waals surface area contributed by atoms with E-state index in [0.717, 1.165) is 22.7 Å². The van der Waals surface area contributed by atoms with Crippen molar-refractivity contribution in [3.8, 4) is 5.75 Å². The van der Waals surface area contributed by atoms with Crippen molar-refractivity contribution < 1.29 is 9.53 Å². The third-order valence-corrected chi connectivity index (χ3v) is 3.75. The monoisotopic (exact) mass is 333 g/mol. The molecule has 3 rings (SSSR count). The second-order valence-electron chi connectivity index (χ2n) is 5.56. The van der Waals surface area contributed by atoms with Gasteiger partial charge in [0.2, 0.25) is 0 Å². The Bertz CT molecular complexity index is 876. The van der Waals surface area contributed by atoms with Gasteiger partial charge in [-0.25, -0.2) is 4.98 Å². The van der Waals surface area contributed by atoms with E-state index in [1.807, 2.05) is 55.5 Å². The van der Waals surface area contributed by atoms with E-state index in [1.54, 1.807) is 25.4 Å². The smallest absolute Gasteiger partial charge is 0.257 e. The number of aromatic nitrogens is 1. The number of carbonyl (C=O) groups excluding carboxylic acids is 1. The van der Waals surface area contributed by atoms with E-state index >= 15 is 0 Å². The molecule has 2 N–H and O–H groups in total. The average Bonchev–Trinajstić information content (AvgIpc) is 2.64. The standard InChI is InChI=1S/C20H19N3O2/c1-14-6-3-4-9-18(14)20(24)23-19-11-10-16(13-21-19)22-15-7-5-8-17(12-15)25-2/h3-13,22H,1-2H3,(H,21,23,24). The number of amides is 1. The molecule has 0 bridgehead atoms. The summed E-state index contributed by atoms with van der Waals surface area (Å²) in [5, 5.41) is 6.06. The summed E-state index contributed by atoms with van der Waals surface area (Å²) in [6.45, 7) is 1.91. The number of rotatable bonds is 5. The van der Waals surface area contributed by atoms with Crippen molar-refractivity contribution >= 4 is 23.1 Å².